The van der Waals surface area contributed by atoms with Gasteiger partial charge in [-0.05, 0) is 25.7 Å². The number of aliphatic carboxylic acids is 1. The summed E-state index contributed by atoms with van der Waals surface area (Å²) in [6.45, 7) is 1.85. The fraction of sp³-hybridized carbons (Fsp3) is 0.700. The summed E-state index contributed by atoms with van der Waals surface area (Å²) in [7, 11) is 1.85. The molecule has 6 nitrogen and oxygen atoms in total. The third-order valence-electron chi connectivity index (χ3n) is 3.20. The summed E-state index contributed by atoms with van der Waals surface area (Å²) in [5.41, 5.74) is 4.84. The number of aromatic nitrogens is 3. The minimum Gasteiger partial charge on any atom is -0.480 e. The highest BCUT2D eigenvalue weighted by molar-refractivity contribution is 7.99. The predicted molar refractivity (Wildman–Crippen MR) is 63.7 cm³/mol. The molecule has 3 N–H and O–H groups in total. The molecule has 0 aliphatic heterocycles. The first-order valence-electron chi connectivity index (χ1n) is 5.46. The number of nitrogens with zero attached hydrogens (tertiary/aromatic N) is 3. The molecule has 1 unspecified atom stereocenters. The maximum absolute atomic E-state index is 11.2. The molecule has 1 fully saturated rings. The summed E-state index contributed by atoms with van der Waals surface area (Å²) >= 11 is 1.35. The van der Waals surface area contributed by atoms with E-state index in [0.29, 0.717) is 10.9 Å². The SMILES string of the molecule is Cc1nnc(SCC(N)(C(=O)O)C2CC2)n1C. The number of aryl methyl sites for hydroxylation is 1. The maximum Gasteiger partial charge on any atom is 0.324 e. The van der Waals surface area contributed by atoms with Gasteiger partial charge in [-0.2, -0.15) is 0 Å². The predicted octanol–water partition coefficient (Wildman–Crippen LogP) is 0.408. The van der Waals surface area contributed by atoms with Crippen molar-refractivity contribution in [3.63, 3.8) is 0 Å². The number of carboxylic acids is 1. The molecule has 1 aromatic rings. The highest BCUT2D eigenvalue weighted by atomic mass is 32.2. The van der Waals surface area contributed by atoms with Gasteiger partial charge in [0.2, 0.25) is 0 Å². The van der Waals surface area contributed by atoms with Crippen molar-refractivity contribution < 1.29 is 9.90 Å². The van der Waals surface area contributed by atoms with Gasteiger partial charge >= 0.3 is 5.97 Å². The van der Waals surface area contributed by atoms with Gasteiger partial charge in [0.1, 0.15) is 11.4 Å². The van der Waals surface area contributed by atoms with E-state index >= 15 is 0 Å². The summed E-state index contributed by atoms with van der Waals surface area (Å²) in [5, 5.41) is 17.8. The van der Waals surface area contributed by atoms with Crippen LogP contribution < -0.4 is 5.73 Å². The topological polar surface area (TPSA) is 94.0 Å². The third-order valence-corrected chi connectivity index (χ3v) is 4.43. The lowest BCUT2D eigenvalue weighted by molar-refractivity contribution is -0.143. The Morgan fingerprint density at radius 3 is 2.71 bits per heavy atom. The molecule has 94 valence electrons. The molecule has 0 bridgehead atoms. The Bertz CT molecular complexity index is 444. The molecule has 1 atom stereocenters. The van der Waals surface area contributed by atoms with Gasteiger partial charge in [-0.25, -0.2) is 0 Å². The molecule has 0 saturated heterocycles. The van der Waals surface area contributed by atoms with Crippen LogP contribution in [0.2, 0.25) is 0 Å². The van der Waals surface area contributed by atoms with Crippen LogP contribution >= 0.6 is 11.8 Å². The lowest BCUT2D eigenvalue weighted by Gasteiger charge is -2.23. The van der Waals surface area contributed by atoms with Gasteiger partial charge in [-0.1, -0.05) is 11.8 Å². The quantitative estimate of drug-likeness (QED) is 0.741. The fourth-order valence-electron chi connectivity index (χ4n) is 1.65. The van der Waals surface area contributed by atoms with Crippen molar-refractivity contribution in [2.24, 2.45) is 18.7 Å². The number of carbonyl (C=O) groups is 1. The van der Waals surface area contributed by atoms with Crippen molar-refractivity contribution >= 4 is 17.7 Å². The summed E-state index contributed by atoms with van der Waals surface area (Å²) in [4.78, 5) is 11.2. The molecule has 0 radical (unpaired) electrons. The van der Waals surface area contributed by atoms with Crippen LogP contribution in [0.1, 0.15) is 18.7 Å². The van der Waals surface area contributed by atoms with Gasteiger partial charge < -0.3 is 15.4 Å². The molecule has 1 aliphatic rings. The Morgan fingerprint density at radius 1 is 1.65 bits per heavy atom. The van der Waals surface area contributed by atoms with E-state index in [-0.39, 0.29) is 5.92 Å². The lowest BCUT2D eigenvalue weighted by atomic mass is 9.98. The highest BCUT2D eigenvalue weighted by Gasteiger charge is 2.48. The van der Waals surface area contributed by atoms with Crippen molar-refractivity contribution in [1.29, 1.82) is 0 Å². The maximum atomic E-state index is 11.2. The van der Waals surface area contributed by atoms with Crippen molar-refractivity contribution in [3.8, 4) is 0 Å². The third kappa shape index (κ3) is 2.30. The first kappa shape index (κ1) is 12.4. The molecule has 1 aliphatic carbocycles. The van der Waals surface area contributed by atoms with Crippen LogP contribution in [0.4, 0.5) is 0 Å². The molecular weight excluding hydrogens is 240 g/mol. The van der Waals surface area contributed by atoms with Gasteiger partial charge in [-0.15, -0.1) is 10.2 Å². The lowest BCUT2D eigenvalue weighted by Crippen LogP contribution is -2.52. The van der Waals surface area contributed by atoms with Gasteiger partial charge in [0.25, 0.3) is 0 Å². The molecule has 1 saturated carbocycles. The Labute approximate surface area is 104 Å². The molecule has 0 amide bonds. The number of nitrogens with two attached hydrogens (primary N) is 1. The van der Waals surface area contributed by atoms with Crippen LogP contribution in [0.15, 0.2) is 5.16 Å². The van der Waals surface area contributed by atoms with Crippen LogP contribution in [0.25, 0.3) is 0 Å². The molecule has 1 aromatic heterocycles. The van der Waals surface area contributed by atoms with Crippen molar-refractivity contribution in [2.75, 3.05) is 5.75 Å². The van der Waals surface area contributed by atoms with E-state index in [1.165, 1.54) is 11.8 Å². The number of thioether (sulfide) groups is 1. The second kappa shape index (κ2) is 4.30. The van der Waals surface area contributed by atoms with E-state index < -0.39 is 11.5 Å². The van der Waals surface area contributed by atoms with Crippen LogP contribution in [0.5, 0.6) is 0 Å². The Morgan fingerprint density at radius 2 is 2.29 bits per heavy atom. The first-order valence-corrected chi connectivity index (χ1v) is 6.45. The fourth-order valence-corrected chi connectivity index (χ4v) is 2.80. The molecule has 2 rings (SSSR count). The van der Waals surface area contributed by atoms with E-state index in [2.05, 4.69) is 10.2 Å². The molecule has 0 aromatic carbocycles. The number of hydrogen-bond acceptors (Lipinski definition) is 5. The second-order valence-corrected chi connectivity index (χ2v) is 5.44. The average molecular weight is 256 g/mol. The minimum atomic E-state index is -1.13. The van der Waals surface area contributed by atoms with E-state index in [1.807, 2.05) is 18.5 Å². The number of rotatable bonds is 5. The van der Waals surface area contributed by atoms with Crippen molar-refractivity contribution in [1.82, 2.24) is 14.8 Å². The van der Waals surface area contributed by atoms with Gasteiger partial charge in [0.15, 0.2) is 5.16 Å². The molecule has 1 heterocycles. The number of hydrogen-bond donors (Lipinski definition) is 2. The summed E-state index contributed by atoms with van der Waals surface area (Å²) < 4.78 is 1.83. The Hall–Kier alpha value is -1.08. The zero-order valence-corrected chi connectivity index (χ0v) is 10.7. The van der Waals surface area contributed by atoms with E-state index in [4.69, 9.17) is 5.73 Å². The Kier molecular flexibility index (Phi) is 3.13. The normalized spacial score (nSPS) is 19.0. The van der Waals surface area contributed by atoms with Crippen LogP contribution in [-0.4, -0.2) is 37.1 Å². The van der Waals surface area contributed by atoms with E-state index in [9.17, 15) is 9.90 Å². The van der Waals surface area contributed by atoms with E-state index in [0.717, 1.165) is 18.7 Å². The summed E-state index contributed by atoms with van der Waals surface area (Å²) in [6, 6.07) is 0. The largest absolute Gasteiger partial charge is 0.480 e. The van der Waals surface area contributed by atoms with Crippen LogP contribution in [-0.2, 0) is 11.8 Å². The summed E-state index contributed by atoms with van der Waals surface area (Å²) in [6.07, 6.45) is 1.81. The zero-order valence-electron chi connectivity index (χ0n) is 9.88. The average Bonchev–Trinajstić information content (AvgIpc) is 3.07. The molecule has 17 heavy (non-hydrogen) atoms. The second-order valence-electron chi connectivity index (χ2n) is 4.50. The smallest absolute Gasteiger partial charge is 0.324 e. The van der Waals surface area contributed by atoms with Crippen LogP contribution in [0.3, 0.4) is 0 Å². The minimum absolute atomic E-state index is 0.0989. The summed E-state index contributed by atoms with van der Waals surface area (Å²) in [5.74, 6) is 0.309. The zero-order chi connectivity index (χ0) is 12.6. The van der Waals surface area contributed by atoms with Crippen molar-refractivity contribution in [2.45, 2.75) is 30.5 Å². The van der Waals surface area contributed by atoms with Crippen LogP contribution in [0, 0.1) is 12.8 Å². The highest BCUT2D eigenvalue weighted by Crippen LogP contribution is 2.40. The number of carboxylic acid groups (broad SMARTS) is 1. The molecule has 0 spiro atoms. The monoisotopic (exact) mass is 256 g/mol. The molecule has 7 heteroatoms. The first-order chi connectivity index (χ1) is 7.95. The standard InChI is InChI=1S/C10H16N4O2S/c1-6-12-13-9(14(6)2)17-5-10(11,8(15)16)7-3-4-7/h7H,3-5,11H2,1-2H3,(H,15,16). The Balaban J connectivity index is 2.05. The van der Waals surface area contributed by atoms with Gasteiger partial charge in [-0.3, -0.25) is 4.79 Å². The van der Waals surface area contributed by atoms with E-state index in [1.54, 1.807) is 0 Å². The van der Waals surface area contributed by atoms with Crippen molar-refractivity contribution in [3.05, 3.63) is 5.82 Å². The van der Waals surface area contributed by atoms with Gasteiger partial charge in [0, 0.05) is 12.8 Å². The molecular formula is C10H16N4O2S. The van der Waals surface area contributed by atoms with Gasteiger partial charge in [0.05, 0.1) is 0 Å².